The SMILES string of the molecule is CCN(CC)CCCCCOc1ccc(N(CC)CC)nn1. The molecule has 0 amide bonds. The van der Waals surface area contributed by atoms with Crippen molar-refractivity contribution in [2.45, 2.75) is 47.0 Å². The van der Waals surface area contributed by atoms with Crippen molar-refractivity contribution < 1.29 is 4.74 Å². The van der Waals surface area contributed by atoms with Crippen LogP contribution in [0.5, 0.6) is 5.88 Å². The van der Waals surface area contributed by atoms with Crippen molar-refractivity contribution in [3.8, 4) is 5.88 Å². The number of ether oxygens (including phenoxy) is 1. The van der Waals surface area contributed by atoms with Crippen molar-refractivity contribution in [2.24, 2.45) is 0 Å². The molecule has 0 bridgehead atoms. The van der Waals surface area contributed by atoms with E-state index in [-0.39, 0.29) is 0 Å². The summed E-state index contributed by atoms with van der Waals surface area (Å²) >= 11 is 0. The van der Waals surface area contributed by atoms with Crippen molar-refractivity contribution in [1.82, 2.24) is 15.1 Å². The number of anilines is 1. The third kappa shape index (κ3) is 6.60. The van der Waals surface area contributed by atoms with Gasteiger partial charge in [0.25, 0.3) is 0 Å². The first kappa shape index (κ1) is 18.7. The summed E-state index contributed by atoms with van der Waals surface area (Å²) in [6, 6.07) is 3.90. The predicted molar refractivity (Wildman–Crippen MR) is 92.7 cm³/mol. The highest BCUT2D eigenvalue weighted by Gasteiger charge is 2.04. The largest absolute Gasteiger partial charge is 0.477 e. The maximum absolute atomic E-state index is 5.66. The van der Waals surface area contributed by atoms with Gasteiger partial charge in [0, 0.05) is 19.2 Å². The van der Waals surface area contributed by atoms with E-state index in [0.717, 1.165) is 45.0 Å². The van der Waals surface area contributed by atoms with Crippen LogP contribution >= 0.6 is 0 Å². The standard InChI is InChI=1S/C17H32N4O/c1-5-20(6-2)14-10-9-11-15-22-17-13-12-16(18-19-17)21(7-3)8-4/h12-13H,5-11,14-15H2,1-4H3. The Bertz CT molecular complexity index is 375. The van der Waals surface area contributed by atoms with Gasteiger partial charge < -0.3 is 14.5 Å². The number of unbranched alkanes of at least 4 members (excludes halogenated alkanes) is 2. The molecule has 0 aliphatic carbocycles. The van der Waals surface area contributed by atoms with Crippen LogP contribution in [0.15, 0.2) is 12.1 Å². The lowest BCUT2D eigenvalue weighted by molar-refractivity contribution is 0.271. The normalized spacial score (nSPS) is 11.0. The highest BCUT2D eigenvalue weighted by atomic mass is 16.5. The van der Waals surface area contributed by atoms with Gasteiger partial charge in [-0.1, -0.05) is 13.8 Å². The first-order valence-electron chi connectivity index (χ1n) is 8.68. The van der Waals surface area contributed by atoms with Gasteiger partial charge in [-0.3, -0.25) is 0 Å². The quantitative estimate of drug-likeness (QED) is 0.555. The van der Waals surface area contributed by atoms with Crippen LogP contribution in [0, 0.1) is 0 Å². The van der Waals surface area contributed by atoms with Crippen molar-refractivity contribution in [3.63, 3.8) is 0 Å². The lowest BCUT2D eigenvalue weighted by Crippen LogP contribution is -2.24. The van der Waals surface area contributed by atoms with Crippen molar-refractivity contribution >= 4 is 5.82 Å². The summed E-state index contributed by atoms with van der Waals surface area (Å²) in [7, 11) is 0. The van der Waals surface area contributed by atoms with E-state index in [1.807, 2.05) is 12.1 Å². The maximum atomic E-state index is 5.66. The number of hydrogen-bond acceptors (Lipinski definition) is 5. The maximum Gasteiger partial charge on any atom is 0.233 e. The van der Waals surface area contributed by atoms with Crippen molar-refractivity contribution in [1.29, 1.82) is 0 Å². The molecule has 5 heteroatoms. The topological polar surface area (TPSA) is 41.5 Å². The van der Waals surface area contributed by atoms with Gasteiger partial charge in [0.15, 0.2) is 5.82 Å². The van der Waals surface area contributed by atoms with Gasteiger partial charge in [0.2, 0.25) is 5.88 Å². The van der Waals surface area contributed by atoms with E-state index >= 15 is 0 Å². The molecule has 0 aliphatic rings. The second-order valence-corrected chi connectivity index (χ2v) is 5.34. The Morgan fingerprint density at radius 2 is 1.59 bits per heavy atom. The van der Waals surface area contributed by atoms with Gasteiger partial charge >= 0.3 is 0 Å². The van der Waals surface area contributed by atoms with Crippen molar-refractivity contribution in [3.05, 3.63) is 12.1 Å². The minimum absolute atomic E-state index is 0.625. The molecule has 0 aromatic carbocycles. The first-order chi connectivity index (χ1) is 10.7. The van der Waals surface area contributed by atoms with Crippen LogP contribution in [0.2, 0.25) is 0 Å². The number of nitrogens with zero attached hydrogens (tertiary/aromatic N) is 4. The first-order valence-corrected chi connectivity index (χ1v) is 8.68. The summed E-state index contributed by atoms with van der Waals surface area (Å²) in [5.41, 5.74) is 0. The van der Waals surface area contributed by atoms with E-state index in [0.29, 0.717) is 5.88 Å². The van der Waals surface area contributed by atoms with Crippen LogP contribution < -0.4 is 9.64 Å². The average Bonchev–Trinajstić information content (AvgIpc) is 2.56. The van der Waals surface area contributed by atoms with E-state index in [9.17, 15) is 0 Å². The molecule has 0 atom stereocenters. The van der Waals surface area contributed by atoms with E-state index in [2.05, 4.69) is 47.7 Å². The van der Waals surface area contributed by atoms with Gasteiger partial charge in [-0.25, -0.2) is 0 Å². The zero-order valence-corrected chi connectivity index (χ0v) is 14.7. The Labute approximate surface area is 135 Å². The lowest BCUT2D eigenvalue weighted by atomic mass is 10.2. The van der Waals surface area contributed by atoms with E-state index in [1.165, 1.54) is 19.4 Å². The van der Waals surface area contributed by atoms with E-state index in [1.54, 1.807) is 0 Å². The molecule has 0 saturated heterocycles. The van der Waals surface area contributed by atoms with Gasteiger partial charge in [-0.15, -0.1) is 10.2 Å². The number of rotatable bonds is 12. The highest BCUT2D eigenvalue weighted by Crippen LogP contribution is 2.13. The molecule has 22 heavy (non-hydrogen) atoms. The fourth-order valence-electron chi connectivity index (χ4n) is 2.44. The number of aromatic nitrogens is 2. The summed E-state index contributed by atoms with van der Waals surface area (Å²) in [6.07, 6.45) is 3.50. The van der Waals surface area contributed by atoms with Gasteiger partial charge in [0.05, 0.1) is 6.61 Å². The number of hydrogen-bond donors (Lipinski definition) is 0. The highest BCUT2D eigenvalue weighted by molar-refractivity contribution is 5.37. The van der Waals surface area contributed by atoms with Gasteiger partial charge in [-0.05, 0) is 58.8 Å². The molecule has 1 aromatic rings. The molecule has 126 valence electrons. The van der Waals surface area contributed by atoms with Crippen LogP contribution in [0.3, 0.4) is 0 Å². The van der Waals surface area contributed by atoms with Crippen LogP contribution in [0.1, 0.15) is 47.0 Å². The Morgan fingerprint density at radius 3 is 2.14 bits per heavy atom. The zero-order valence-electron chi connectivity index (χ0n) is 14.7. The molecule has 1 aromatic heterocycles. The molecule has 0 aliphatic heterocycles. The van der Waals surface area contributed by atoms with Gasteiger partial charge in [-0.2, -0.15) is 0 Å². The molecule has 0 radical (unpaired) electrons. The third-order valence-corrected chi connectivity index (χ3v) is 3.98. The minimum atomic E-state index is 0.625. The second-order valence-electron chi connectivity index (χ2n) is 5.34. The third-order valence-electron chi connectivity index (χ3n) is 3.98. The van der Waals surface area contributed by atoms with Crippen LogP contribution in [-0.2, 0) is 0 Å². The van der Waals surface area contributed by atoms with E-state index in [4.69, 9.17) is 4.74 Å². The summed E-state index contributed by atoms with van der Waals surface area (Å²) < 4.78 is 5.66. The smallest absolute Gasteiger partial charge is 0.233 e. The summed E-state index contributed by atoms with van der Waals surface area (Å²) in [5, 5.41) is 8.37. The summed E-state index contributed by atoms with van der Waals surface area (Å²) in [4.78, 5) is 4.63. The molecular weight excluding hydrogens is 276 g/mol. The predicted octanol–water partition coefficient (Wildman–Crippen LogP) is 3.21. The molecule has 0 N–H and O–H groups in total. The molecular formula is C17H32N4O. The summed E-state index contributed by atoms with van der Waals surface area (Å²) in [5.74, 6) is 1.54. The van der Waals surface area contributed by atoms with Gasteiger partial charge in [0.1, 0.15) is 0 Å². The zero-order chi connectivity index (χ0) is 16.2. The van der Waals surface area contributed by atoms with E-state index < -0.39 is 0 Å². The molecule has 5 nitrogen and oxygen atoms in total. The monoisotopic (exact) mass is 308 g/mol. The van der Waals surface area contributed by atoms with Crippen LogP contribution in [0.4, 0.5) is 5.82 Å². The Kier molecular flexibility index (Phi) is 9.55. The minimum Gasteiger partial charge on any atom is -0.477 e. The molecule has 0 saturated carbocycles. The Morgan fingerprint density at radius 1 is 0.864 bits per heavy atom. The Balaban J connectivity index is 2.20. The molecule has 0 fully saturated rings. The van der Waals surface area contributed by atoms with Crippen LogP contribution in [0.25, 0.3) is 0 Å². The lowest BCUT2D eigenvalue weighted by Gasteiger charge is -2.18. The fourth-order valence-corrected chi connectivity index (χ4v) is 2.44. The fraction of sp³-hybridized carbons (Fsp3) is 0.765. The van der Waals surface area contributed by atoms with Crippen LogP contribution in [-0.4, -0.2) is 54.4 Å². The molecule has 1 rings (SSSR count). The summed E-state index contributed by atoms with van der Waals surface area (Å²) in [6.45, 7) is 14.7. The van der Waals surface area contributed by atoms with Crippen molar-refractivity contribution in [2.75, 3.05) is 44.2 Å². The second kappa shape index (κ2) is 11.2. The molecule has 1 heterocycles. The average molecular weight is 308 g/mol. The molecule has 0 spiro atoms. The molecule has 0 unspecified atom stereocenters. The Hall–Kier alpha value is -1.36.